The topological polar surface area (TPSA) is 15.3 Å². The van der Waals surface area contributed by atoms with Crippen LogP contribution < -0.4 is 5.32 Å². The second-order valence-electron chi connectivity index (χ2n) is 5.11. The molecule has 0 aliphatic carbocycles. The highest BCUT2D eigenvalue weighted by atomic mass is 19.1. The maximum Gasteiger partial charge on any atom is 0.130 e. The average molecular weight is 254 g/mol. The molecule has 0 amide bonds. The van der Waals surface area contributed by atoms with Crippen LogP contribution in [-0.4, -0.2) is 31.6 Å². The van der Waals surface area contributed by atoms with Gasteiger partial charge in [0.05, 0.1) is 0 Å². The van der Waals surface area contributed by atoms with Crippen molar-refractivity contribution in [2.75, 3.05) is 26.7 Å². The number of nitrogens with zero attached hydrogens (tertiary/aromatic N) is 1. The van der Waals surface area contributed by atoms with Gasteiger partial charge in [-0.25, -0.2) is 8.78 Å². The summed E-state index contributed by atoms with van der Waals surface area (Å²) in [5.41, 5.74) is 0.170. The molecule has 1 aliphatic rings. The van der Waals surface area contributed by atoms with Crippen molar-refractivity contribution in [1.82, 2.24) is 10.2 Å². The lowest BCUT2D eigenvalue weighted by molar-refractivity contribution is 0.233. The molecule has 1 N–H and O–H groups in total. The molecular formula is C14H20F2N2. The largest absolute Gasteiger partial charge is 0.316 e. The minimum atomic E-state index is -0.455. The highest BCUT2D eigenvalue weighted by molar-refractivity contribution is 5.19. The van der Waals surface area contributed by atoms with E-state index in [0.29, 0.717) is 12.5 Å². The second-order valence-corrected chi connectivity index (χ2v) is 5.11. The first-order valence-electron chi connectivity index (χ1n) is 6.49. The second kappa shape index (κ2) is 6.25. The lowest BCUT2D eigenvalue weighted by atomic mass is 9.99. The van der Waals surface area contributed by atoms with Gasteiger partial charge in [0.2, 0.25) is 0 Å². The summed E-state index contributed by atoms with van der Waals surface area (Å²) in [7, 11) is 1.92. The number of rotatable bonds is 4. The Kier molecular flexibility index (Phi) is 4.66. The van der Waals surface area contributed by atoms with Crippen LogP contribution in [0.3, 0.4) is 0 Å². The summed E-state index contributed by atoms with van der Waals surface area (Å²) in [4.78, 5) is 2.00. The molecule has 0 spiro atoms. The molecule has 1 fully saturated rings. The molecule has 100 valence electrons. The Bertz CT molecular complexity index is 369. The smallest absolute Gasteiger partial charge is 0.130 e. The zero-order valence-electron chi connectivity index (χ0n) is 10.8. The van der Waals surface area contributed by atoms with Gasteiger partial charge in [0.1, 0.15) is 11.6 Å². The van der Waals surface area contributed by atoms with Gasteiger partial charge in [0.25, 0.3) is 0 Å². The van der Waals surface area contributed by atoms with E-state index in [-0.39, 0.29) is 5.56 Å². The van der Waals surface area contributed by atoms with E-state index in [1.165, 1.54) is 31.0 Å². The van der Waals surface area contributed by atoms with Crippen molar-refractivity contribution in [3.8, 4) is 0 Å². The van der Waals surface area contributed by atoms with Gasteiger partial charge in [-0.3, -0.25) is 0 Å². The van der Waals surface area contributed by atoms with Crippen LogP contribution in [-0.2, 0) is 6.54 Å². The van der Waals surface area contributed by atoms with Gasteiger partial charge in [0.15, 0.2) is 0 Å². The lowest BCUT2D eigenvalue weighted by Crippen LogP contribution is -2.36. The Morgan fingerprint density at radius 1 is 1.33 bits per heavy atom. The standard InChI is InChI=1S/C14H20F2N2/c1-18(9-11-4-3-7-17-8-11)10-12-13(15)5-2-6-14(12)16/h2,5-6,11,17H,3-4,7-10H2,1H3. The van der Waals surface area contributed by atoms with Crippen molar-refractivity contribution in [3.63, 3.8) is 0 Å². The summed E-state index contributed by atoms with van der Waals surface area (Å²) in [6.07, 6.45) is 2.38. The van der Waals surface area contributed by atoms with E-state index in [0.717, 1.165) is 19.6 Å². The van der Waals surface area contributed by atoms with Gasteiger partial charge in [0, 0.05) is 18.7 Å². The molecule has 1 saturated heterocycles. The maximum atomic E-state index is 13.5. The molecule has 4 heteroatoms. The summed E-state index contributed by atoms with van der Waals surface area (Å²) >= 11 is 0. The fraction of sp³-hybridized carbons (Fsp3) is 0.571. The van der Waals surface area contributed by atoms with Crippen molar-refractivity contribution in [1.29, 1.82) is 0 Å². The number of halogens is 2. The number of hydrogen-bond donors (Lipinski definition) is 1. The molecule has 1 atom stereocenters. The predicted molar refractivity (Wildman–Crippen MR) is 68.3 cm³/mol. The fourth-order valence-electron chi connectivity index (χ4n) is 2.54. The summed E-state index contributed by atoms with van der Waals surface area (Å²) in [5.74, 6) is -0.328. The number of hydrogen-bond acceptors (Lipinski definition) is 2. The van der Waals surface area contributed by atoms with E-state index in [1.54, 1.807) is 0 Å². The Labute approximate surface area is 107 Å². The summed E-state index contributed by atoms with van der Waals surface area (Å²) in [5, 5.41) is 3.35. The first-order chi connectivity index (χ1) is 8.66. The van der Waals surface area contributed by atoms with E-state index in [2.05, 4.69) is 5.32 Å². The number of piperidine rings is 1. The van der Waals surface area contributed by atoms with Crippen molar-refractivity contribution in [2.45, 2.75) is 19.4 Å². The van der Waals surface area contributed by atoms with Gasteiger partial charge in [-0.05, 0) is 51.0 Å². The third-order valence-corrected chi connectivity index (χ3v) is 3.46. The van der Waals surface area contributed by atoms with Gasteiger partial charge < -0.3 is 10.2 Å². The zero-order chi connectivity index (χ0) is 13.0. The average Bonchev–Trinajstić information content (AvgIpc) is 2.35. The van der Waals surface area contributed by atoms with Crippen LogP contribution in [0.1, 0.15) is 18.4 Å². The molecule has 0 bridgehead atoms. The molecular weight excluding hydrogens is 234 g/mol. The van der Waals surface area contributed by atoms with Gasteiger partial charge in [-0.1, -0.05) is 6.07 Å². The fourth-order valence-corrected chi connectivity index (χ4v) is 2.54. The van der Waals surface area contributed by atoms with Gasteiger partial charge in [-0.15, -0.1) is 0 Å². The minimum Gasteiger partial charge on any atom is -0.316 e. The normalized spacial score (nSPS) is 20.3. The van der Waals surface area contributed by atoms with Crippen LogP contribution >= 0.6 is 0 Å². The molecule has 1 aromatic carbocycles. The van der Waals surface area contributed by atoms with Crippen molar-refractivity contribution < 1.29 is 8.78 Å². The maximum absolute atomic E-state index is 13.5. The molecule has 1 aliphatic heterocycles. The number of benzene rings is 1. The first kappa shape index (κ1) is 13.4. The SMILES string of the molecule is CN(Cc1c(F)cccc1F)CC1CCCNC1. The minimum absolute atomic E-state index is 0.170. The van der Waals surface area contributed by atoms with E-state index < -0.39 is 11.6 Å². The van der Waals surface area contributed by atoms with Crippen molar-refractivity contribution >= 4 is 0 Å². The van der Waals surface area contributed by atoms with E-state index in [4.69, 9.17) is 0 Å². The van der Waals surface area contributed by atoms with Crippen LogP contribution in [0.5, 0.6) is 0 Å². The van der Waals surface area contributed by atoms with Gasteiger partial charge in [-0.2, -0.15) is 0 Å². The van der Waals surface area contributed by atoms with E-state index in [1.807, 2.05) is 11.9 Å². The van der Waals surface area contributed by atoms with Crippen molar-refractivity contribution in [3.05, 3.63) is 35.4 Å². The van der Waals surface area contributed by atoms with Crippen LogP contribution in [0, 0.1) is 17.6 Å². The first-order valence-corrected chi connectivity index (χ1v) is 6.49. The Balaban J connectivity index is 1.92. The molecule has 1 unspecified atom stereocenters. The van der Waals surface area contributed by atoms with Gasteiger partial charge >= 0.3 is 0 Å². The van der Waals surface area contributed by atoms with Crippen LogP contribution in [0.25, 0.3) is 0 Å². The van der Waals surface area contributed by atoms with Crippen LogP contribution in [0.15, 0.2) is 18.2 Å². The lowest BCUT2D eigenvalue weighted by Gasteiger charge is -2.27. The third-order valence-electron chi connectivity index (χ3n) is 3.46. The van der Waals surface area contributed by atoms with Crippen molar-refractivity contribution in [2.24, 2.45) is 5.92 Å². The molecule has 0 saturated carbocycles. The quantitative estimate of drug-likeness (QED) is 0.887. The van der Waals surface area contributed by atoms with E-state index >= 15 is 0 Å². The molecule has 1 heterocycles. The monoisotopic (exact) mass is 254 g/mol. The Hall–Kier alpha value is -1.00. The number of nitrogens with one attached hydrogen (secondary N) is 1. The highest BCUT2D eigenvalue weighted by Gasteiger charge is 2.17. The summed E-state index contributed by atoms with van der Waals surface area (Å²) in [6, 6.07) is 4.03. The molecule has 0 aromatic heterocycles. The molecule has 1 aromatic rings. The molecule has 2 nitrogen and oxygen atoms in total. The molecule has 18 heavy (non-hydrogen) atoms. The molecule has 0 radical (unpaired) electrons. The zero-order valence-corrected chi connectivity index (χ0v) is 10.8. The predicted octanol–water partition coefficient (Wildman–Crippen LogP) is 2.40. The highest BCUT2D eigenvalue weighted by Crippen LogP contribution is 2.16. The van der Waals surface area contributed by atoms with Crippen LogP contribution in [0.4, 0.5) is 8.78 Å². The Morgan fingerprint density at radius 2 is 2.06 bits per heavy atom. The summed E-state index contributed by atoms with van der Waals surface area (Å²) in [6.45, 7) is 3.29. The molecule has 2 rings (SSSR count). The third kappa shape index (κ3) is 3.50. The van der Waals surface area contributed by atoms with Crippen LogP contribution in [0.2, 0.25) is 0 Å². The Morgan fingerprint density at radius 3 is 2.67 bits per heavy atom. The van der Waals surface area contributed by atoms with E-state index in [9.17, 15) is 8.78 Å². The summed E-state index contributed by atoms with van der Waals surface area (Å²) < 4.78 is 27.0.